The van der Waals surface area contributed by atoms with Crippen LogP contribution in [0.15, 0.2) is 29.6 Å². The van der Waals surface area contributed by atoms with Crippen LogP contribution in [0, 0.1) is 12.8 Å². The van der Waals surface area contributed by atoms with Crippen molar-refractivity contribution in [3.63, 3.8) is 0 Å². The second-order valence-corrected chi connectivity index (χ2v) is 9.79. The van der Waals surface area contributed by atoms with Crippen LogP contribution in [0.5, 0.6) is 0 Å². The molecule has 3 N–H and O–H groups in total. The number of hydrogen-bond acceptors (Lipinski definition) is 6. The Bertz CT molecular complexity index is 1090. The van der Waals surface area contributed by atoms with Crippen LogP contribution < -0.4 is 10.6 Å². The number of aliphatic hydroxyl groups is 1. The van der Waals surface area contributed by atoms with Gasteiger partial charge >= 0.3 is 0 Å². The van der Waals surface area contributed by atoms with Gasteiger partial charge in [0.25, 0.3) is 11.8 Å². The standard InChI is InChI=1S/C24H32N4O4S/c1-14-19(10-9-17(21(14)32-3)22(30)25-11-12-29)26-23(31)20-13-18-15(2)27-28(24(18)33-20)16-7-5-4-6-8-16/h9-10,13-14,16,19,29H,4-8,11-12H2,1-3H3,(H,25,30)(H,26,31). The van der Waals surface area contributed by atoms with Crippen LogP contribution >= 0.6 is 11.3 Å². The highest BCUT2D eigenvalue weighted by molar-refractivity contribution is 7.20. The summed E-state index contributed by atoms with van der Waals surface area (Å²) in [7, 11) is 1.52. The fourth-order valence-corrected chi connectivity index (χ4v) is 5.89. The Kier molecular flexibility index (Phi) is 7.19. The lowest BCUT2D eigenvalue weighted by atomic mass is 9.90. The number of rotatable bonds is 7. The number of fused-ring (bicyclic) bond motifs is 1. The van der Waals surface area contributed by atoms with Crippen molar-refractivity contribution in [2.45, 2.75) is 58.0 Å². The summed E-state index contributed by atoms with van der Waals surface area (Å²) in [6.45, 7) is 3.96. The van der Waals surface area contributed by atoms with Crippen molar-refractivity contribution in [1.82, 2.24) is 20.4 Å². The zero-order chi connectivity index (χ0) is 23.5. The van der Waals surface area contributed by atoms with E-state index < -0.39 is 0 Å². The Labute approximate surface area is 197 Å². The Balaban J connectivity index is 1.51. The number of nitrogens with zero attached hydrogens (tertiary/aromatic N) is 2. The minimum atomic E-state index is -0.305. The third kappa shape index (κ3) is 4.70. The van der Waals surface area contributed by atoms with E-state index in [2.05, 4.69) is 15.3 Å². The highest BCUT2D eigenvalue weighted by atomic mass is 32.1. The molecule has 2 amide bonds. The second-order valence-electron chi connectivity index (χ2n) is 8.76. The Morgan fingerprint density at radius 1 is 1.27 bits per heavy atom. The molecule has 2 unspecified atom stereocenters. The maximum absolute atomic E-state index is 13.1. The van der Waals surface area contributed by atoms with E-state index in [9.17, 15) is 9.59 Å². The van der Waals surface area contributed by atoms with Crippen LogP contribution in [0.1, 0.15) is 60.4 Å². The van der Waals surface area contributed by atoms with Gasteiger partial charge in [-0.1, -0.05) is 32.3 Å². The fraction of sp³-hybridized carbons (Fsp3) is 0.542. The lowest BCUT2D eigenvalue weighted by molar-refractivity contribution is -0.117. The first-order valence-electron chi connectivity index (χ1n) is 11.6. The third-order valence-corrected chi connectivity index (χ3v) is 7.68. The third-order valence-electron chi connectivity index (χ3n) is 6.56. The fourth-order valence-electron chi connectivity index (χ4n) is 4.76. The molecule has 178 valence electrons. The summed E-state index contributed by atoms with van der Waals surface area (Å²) in [4.78, 5) is 27.3. The SMILES string of the molecule is COC1=C(C(=O)NCCO)C=CC(NC(=O)c2cc3c(C)nn(C4CCCCC4)c3s2)C1C. The summed E-state index contributed by atoms with van der Waals surface area (Å²) in [5, 5.41) is 20.5. The minimum absolute atomic E-state index is 0.133. The summed E-state index contributed by atoms with van der Waals surface area (Å²) in [5.41, 5.74) is 1.37. The molecular formula is C24H32N4O4S. The molecular weight excluding hydrogens is 440 g/mol. The number of thiophene rings is 1. The molecule has 2 aromatic heterocycles. The van der Waals surface area contributed by atoms with Crippen molar-refractivity contribution in [1.29, 1.82) is 0 Å². The number of carbonyl (C=O) groups is 2. The maximum Gasteiger partial charge on any atom is 0.261 e. The summed E-state index contributed by atoms with van der Waals surface area (Å²) in [6, 6.07) is 2.05. The number of aromatic nitrogens is 2. The Morgan fingerprint density at radius 3 is 2.73 bits per heavy atom. The highest BCUT2D eigenvalue weighted by Crippen LogP contribution is 2.35. The Morgan fingerprint density at radius 2 is 2.03 bits per heavy atom. The zero-order valence-corrected chi connectivity index (χ0v) is 20.2. The zero-order valence-electron chi connectivity index (χ0n) is 19.4. The van der Waals surface area contributed by atoms with E-state index in [0.717, 1.165) is 28.8 Å². The molecule has 0 bridgehead atoms. The number of nitrogens with one attached hydrogen (secondary N) is 2. The number of carbonyl (C=O) groups excluding carboxylic acids is 2. The first kappa shape index (κ1) is 23.5. The molecule has 9 heteroatoms. The van der Waals surface area contributed by atoms with Crippen LogP contribution in [-0.2, 0) is 9.53 Å². The van der Waals surface area contributed by atoms with E-state index >= 15 is 0 Å². The van der Waals surface area contributed by atoms with Gasteiger partial charge in [0.1, 0.15) is 10.6 Å². The predicted molar refractivity (Wildman–Crippen MR) is 128 cm³/mol. The number of ether oxygens (including phenoxy) is 1. The summed E-state index contributed by atoms with van der Waals surface area (Å²) < 4.78 is 7.65. The van der Waals surface area contributed by atoms with Crippen LogP contribution in [0.4, 0.5) is 0 Å². The van der Waals surface area contributed by atoms with Gasteiger partial charge in [-0.3, -0.25) is 14.3 Å². The lowest BCUT2D eigenvalue weighted by Crippen LogP contribution is -2.41. The van der Waals surface area contributed by atoms with Crippen molar-refractivity contribution >= 4 is 33.4 Å². The van der Waals surface area contributed by atoms with Crippen molar-refractivity contribution in [2.24, 2.45) is 5.92 Å². The van der Waals surface area contributed by atoms with Crippen molar-refractivity contribution in [3.05, 3.63) is 40.1 Å². The van der Waals surface area contributed by atoms with Crippen LogP contribution in [0.3, 0.4) is 0 Å². The molecule has 2 aliphatic rings. The average Bonchev–Trinajstić information content (AvgIpc) is 3.40. The largest absolute Gasteiger partial charge is 0.500 e. The van der Waals surface area contributed by atoms with E-state index in [1.807, 2.05) is 26.0 Å². The van der Waals surface area contributed by atoms with Gasteiger partial charge in [-0.15, -0.1) is 11.3 Å². The van der Waals surface area contributed by atoms with Gasteiger partial charge in [-0.05, 0) is 31.9 Å². The van der Waals surface area contributed by atoms with E-state index in [0.29, 0.717) is 22.3 Å². The molecule has 1 saturated carbocycles. The smallest absolute Gasteiger partial charge is 0.261 e. The molecule has 2 atom stereocenters. The van der Waals surface area contributed by atoms with E-state index in [-0.39, 0.29) is 36.9 Å². The Hall–Kier alpha value is -2.65. The first-order valence-corrected chi connectivity index (χ1v) is 12.4. The van der Waals surface area contributed by atoms with Crippen molar-refractivity contribution in [2.75, 3.05) is 20.3 Å². The molecule has 1 fully saturated rings. The lowest BCUT2D eigenvalue weighted by Gasteiger charge is -2.28. The van der Waals surface area contributed by atoms with E-state index in [4.69, 9.17) is 14.9 Å². The maximum atomic E-state index is 13.1. The quantitative estimate of drug-likeness (QED) is 0.574. The molecule has 0 aromatic carbocycles. The van der Waals surface area contributed by atoms with Gasteiger partial charge in [0.05, 0.1) is 41.9 Å². The first-order chi connectivity index (χ1) is 15.9. The van der Waals surface area contributed by atoms with Crippen molar-refractivity contribution < 1.29 is 19.4 Å². The molecule has 2 aliphatic carbocycles. The van der Waals surface area contributed by atoms with Gasteiger partial charge in [-0.2, -0.15) is 5.10 Å². The monoisotopic (exact) mass is 472 g/mol. The summed E-state index contributed by atoms with van der Waals surface area (Å²) >= 11 is 1.49. The van der Waals surface area contributed by atoms with E-state index in [1.165, 1.54) is 37.7 Å². The second kappa shape index (κ2) is 10.1. The van der Waals surface area contributed by atoms with Gasteiger partial charge in [-0.25, -0.2) is 0 Å². The van der Waals surface area contributed by atoms with Crippen LogP contribution in [-0.4, -0.2) is 53.0 Å². The average molecular weight is 473 g/mol. The molecule has 0 saturated heterocycles. The predicted octanol–water partition coefficient (Wildman–Crippen LogP) is 3.22. The minimum Gasteiger partial charge on any atom is -0.500 e. The number of aryl methyl sites for hydroxylation is 1. The number of methoxy groups -OCH3 is 1. The molecule has 33 heavy (non-hydrogen) atoms. The van der Waals surface area contributed by atoms with Crippen LogP contribution in [0.25, 0.3) is 10.2 Å². The molecule has 0 radical (unpaired) electrons. The van der Waals surface area contributed by atoms with Crippen LogP contribution in [0.2, 0.25) is 0 Å². The van der Waals surface area contributed by atoms with Gasteiger partial charge in [0.2, 0.25) is 0 Å². The summed E-state index contributed by atoms with van der Waals surface area (Å²) in [6.07, 6.45) is 9.51. The van der Waals surface area contributed by atoms with Crippen molar-refractivity contribution in [3.8, 4) is 0 Å². The molecule has 8 nitrogen and oxygen atoms in total. The number of aliphatic hydroxyl groups excluding tert-OH is 1. The normalized spacial score (nSPS) is 21.5. The number of hydrogen-bond donors (Lipinski definition) is 3. The van der Waals surface area contributed by atoms with Gasteiger partial charge < -0.3 is 20.5 Å². The molecule has 2 heterocycles. The topological polar surface area (TPSA) is 105 Å². The van der Waals surface area contributed by atoms with Gasteiger partial charge in [0, 0.05) is 17.8 Å². The van der Waals surface area contributed by atoms with Gasteiger partial charge in [0.15, 0.2) is 0 Å². The molecule has 0 spiro atoms. The molecule has 0 aliphatic heterocycles. The summed E-state index contributed by atoms with van der Waals surface area (Å²) in [5.74, 6) is -0.150. The highest BCUT2D eigenvalue weighted by Gasteiger charge is 2.31. The molecule has 4 rings (SSSR count). The molecule has 2 aromatic rings. The number of amides is 2. The van der Waals surface area contributed by atoms with E-state index in [1.54, 1.807) is 6.08 Å².